The van der Waals surface area contributed by atoms with Gasteiger partial charge >= 0.3 is 0 Å². The quantitative estimate of drug-likeness (QED) is 0.925. The van der Waals surface area contributed by atoms with E-state index >= 15 is 0 Å². The van der Waals surface area contributed by atoms with Crippen LogP contribution < -0.4 is 0 Å². The largest absolute Gasteiger partial charge is 0.353 e. The molecular formula is C19H25N3OS. The average molecular weight is 343 g/mol. The Kier molecular flexibility index (Phi) is 5.31. The van der Waals surface area contributed by atoms with Crippen molar-refractivity contribution in [2.75, 3.05) is 26.4 Å². The van der Waals surface area contributed by atoms with Gasteiger partial charge in [0.15, 0.2) is 0 Å². The molecule has 1 fully saturated rings. The lowest BCUT2D eigenvalue weighted by Crippen LogP contribution is -2.39. The Morgan fingerprint density at radius 2 is 2.00 bits per heavy atom. The summed E-state index contributed by atoms with van der Waals surface area (Å²) in [4.78, 5) is 19.5. The molecule has 1 aromatic heterocycles. The van der Waals surface area contributed by atoms with E-state index in [9.17, 15) is 4.79 Å². The minimum Gasteiger partial charge on any atom is -0.353 e. The van der Waals surface area contributed by atoms with Gasteiger partial charge in [-0.25, -0.2) is 0 Å². The molecule has 0 unspecified atom stereocenters. The van der Waals surface area contributed by atoms with E-state index in [-0.39, 0.29) is 5.91 Å². The van der Waals surface area contributed by atoms with E-state index in [0.29, 0.717) is 17.0 Å². The van der Waals surface area contributed by atoms with Crippen molar-refractivity contribution in [3.63, 3.8) is 0 Å². The van der Waals surface area contributed by atoms with Crippen molar-refractivity contribution in [3.8, 4) is 0 Å². The molecule has 1 aliphatic heterocycles. The van der Waals surface area contributed by atoms with E-state index in [4.69, 9.17) is 0 Å². The second-order valence-corrected chi connectivity index (χ2v) is 7.98. The highest BCUT2D eigenvalue weighted by atomic mass is 32.2. The molecule has 1 amide bonds. The second-order valence-electron chi connectivity index (χ2n) is 6.50. The summed E-state index contributed by atoms with van der Waals surface area (Å²) in [6.45, 7) is 4.21. The molecule has 0 spiro atoms. The molecule has 4 nitrogen and oxygen atoms in total. The van der Waals surface area contributed by atoms with Gasteiger partial charge in [-0.3, -0.25) is 9.69 Å². The fraction of sp³-hybridized carbons (Fsp3) is 0.421. The lowest BCUT2D eigenvalue weighted by Gasteiger charge is -2.39. The first-order valence-corrected chi connectivity index (χ1v) is 9.41. The van der Waals surface area contributed by atoms with E-state index < -0.39 is 0 Å². The number of rotatable bonds is 4. The summed E-state index contributed by atoms with van der Waals surface area (Å²) in [6.07, 6.45) is 0. The van der Waals surface area contributed by atoms with Gasteiger partial charge in [0, 0.05) is 49.9 Å². The van der Waals surface area contributed by atoms with E-state index in [0.717, 1.165) is 24.5 Å². The fourth-order valence-electron chi connectivity index (χ4n) is 3.31. The Morgan fingerprint density at radius 1 is 1.25 bits per heavy atom. The van der Waals surface area contributed by atoms with Crippen LogP contribution in [-0.2, 0) is 6.54 Å². The molecule has 1 aromatic carbocycles. The number of H-pyrrole nitrogens is 1. The van der Waals surface area contributed by atoms with Gasteiger partial charge in [0.05, 0.1) is 0 Å². The lowest BCUT2D eigenvalue weighted by molar-refractivity contribution is 0.0822. The number of benzene rings is 1. The minimum absolute atomic E-state index is 0.0171. The summed E-state index contributed by atoms with van der Waals surface area (Å²) in [5.41, 5.74) is 3.12. The number of nitrogens with one attached hydrogen (secondary N) is 1. The van der Waals surface area contributed by atoms with Crippen molar-refractivity contribution in [2.45, 2.75) is 24.8 Å². The summed E-state index contributed by atoms with van der Waals surface area (Å²) >= 11 is 2.04. The summed E-state index contributed by atoms with van der Waals surface area (Å²) in [7, 11) is 3.55. The molecule has 1 aliphatic rings. The predicted octanol–water partition coefficient (Wildman–Crippen LogP) is 3.40. The van der Waals surface area contributed by atoms with Crippen LogP contribution in [0.25, 0.3) is 0 Å². The third-order valence-corrected chi connectivity index (χ3v) is 5.70. The molecule has 0 radical (unpaired) electrons. The molecule has 2 heterocycles. The van der Waals surface area contributed by atoms with Crippen molar-refractivity contribution < 1.29 is 4.79 Å². The Morgan fingerprint density at radius 3 is 2.71 bits per heavy atom. The Bertz CT molecular complexity index is 683. The zero-order valence-electron chi connectivity index (χ0n) is 14.5. The highest BCUT2D eigenvalue weighted by molar-refractivity contribution is 8.00. The molecule has 1 N–H and O–H groups in total. The molecule has 1 saturated heterocycles. The van der Waals surface area contributed by atoms with Crippen molar-refractivity contribution in [2.24, 2.45) is 0 Å². The van der Waals surface area contributed by atoms with Crippen LogP contribution in [0, 0.1) is 0 Å². The Labute approximate surface area is 148 Å². The van der Waals surface area contributed by atoms with Crippen LogP contribution in [0.1, 0.15) is 34.7 Å². The number of amides is 1. The topological polar surface area (TPSA) is 39.3 Å². The molecule has 5 heteroatoms. The van der Waals surface area contributed by atoms with Crippen molar-refractivity contribution in [1.82, 2.24) is 14.8 Å². The number of thioether (sulfide) groups is 1. The first-order chi connectivity index (χ1) is 11.6. The van der Waals surface area contributed by atoms with Crippen LogP contribution in [0.3, 0.4) is 0 Å². The molecule has 0 saturated carbocycles. The minimum atomic E-state index is 0.0171. The van der Waals surface area contributed by atoms with Gasteiger partial charge in [0.1, 0.15) is 5.69 Å². The van der Waals surface area contributed by atoms with Crippen LogP contribution in [0.4, 0.5) is 0 Å². The van der Waals surface area contributed by atoms with Gasteiger partial charge in [-0.05, 0) is 17.7 Å². The smallest absolute Gasteiger partial charge is 0.269 e. The maximum Gasteiger partial charge on any atom is 0.269 e. The highest BCUT2D eigenvalue weighted by Gasteiger charge is 2.30. The first kappa shape index (κ1) is 17.1. The van der Waals surface area contributed by atoms with E-state index in [1.165, 1.54) is 5.56 Å². The molecule has 0 aliphatic carbocycles. The predicted molar refractivity (Wildman–Crippen MR) is 100 cm³/mol. The number of hydrogen-bond donors (Lipinski definition) is 1. The molecule has 3 rings (SSSR count). The van der Waals surface area contributed by atoms with E-state index in [2.05, 4.69) is 47.1 Å². The zero-order valence-corrected chi connectivity index (χ0v) is 15.3. The number of carbonyl (C=O) groups is 1. The molecule has 0 bridgehead atoms. The van der Waals surface area contributed by atoms with E-state index in [1.54, 1.807) is 19.0 Å². The number of hydrogen-bond acceptors (Lipinski definition) is 3. The summed E-state index contributed by atoms with van der Waals surface area (Å²) < 4.78 is 0. The maximum atomic E-state index is 12.1. The van der Waals surface area contributed by atoms with Crippen LogP contribution in [0.15, 0.2) is 42.5 Å². The lowest BCUT2D eigenvalue weighted by atomic mass is 10.0. The second kappa shape index (κ2) is 7.45. The van der Waals surface area contributed by atoms with Gasteiger partial charge in [0.2, 0.25) is 0 Å². The summed E-state index contributed by atoms with van der Waals surface area (Å²) in [6, 6.07) is 15.1. The van der Waals surface area contributed by atoms with Crippen molar-refractivity contribution in [1.29, 1.82) is 0 Å². The average Bonchev–Trinajstić information content (AvgIpc) is 3.03. The van der Waals surface area contributed by atoms with Crippen molar-refractivity contribution in [3.05, 3.63) is 59.4 Å². The van der Waals surface area contributed by atoms with Gasteiger partial charge in [-0.2, -0.15) is 11.8 Å². The molecular weight excluding hydrogens is 318 g/mol. The third kappa shape index (κ3) is 3.68. The first-order valence-electron chi connectivity index (χ1n) is 8.36. The Hall–Kier alpha value is -1.72. The molecule has 2 aromatic rings. The van der Waals surface area contributed by atoms with Gasteiger partial charge in [-0.15, -0.1) is 0 Å². The normalized spacial score (nSPS) is 21.6. The summed E-state index contributed by atoms with van der Waals surface area (Å²) in [5.74, 6) is 1.16. The van der Waals surface area contributed by atoms with Crippen LogP contribution in [0.2, 0.25) is 0 Å². The van der Waals surface area contributed by atoms with Gasteiger partial charge in [0.25, 0.3) is 5.91 Å². The highest BCUT2D eigenvalue weighted by Crippen LogP contribution is 2.36. The zero-order chi connectivity index (χ0) is 17.1. The van der Waals surface area contributed by atoms with Gasteiger partial charge < -0.3 is 9.88 Å². The Balaban J connectivity index is 1.78. The van der Waals surface area contributed by atoms with Crippen LogP contribution in [0.5, 0.6) is 0 Å². The van der Waals surface area contributed by atoms with E-state index in [1.807, 2.05) is 23.9 Å². The number of carbonyl (C=O) groups excluding carboxylic acids is 1. The monoisotopic (exact) mass is 343 g/mol. The number of aromatic nitrogens is 1. The van der Waals surface area contributed by atoms with Crippen LogP contribution in [-0.4, -0.2) is 52.3 Å². The number of nitrogens with zero attached hydrogens (tertiary/aromatic N) is 2. The maximum absolute atomic E-state index is 12.1. The molecule has 128 valence electrons. The third-order valence-electron chi connectivity index (χ3n) is 4.49. The number of aromatic amines is 1. The van der Waals surface area contributed by atoms with Crippen molar-refractivity contribution >= 4 is 17.7 Å². The summed E-state index contributed by atoms with van der Waals surface area (Å²) in [5, 5.41) is 0.555. The molecule has 2 atom stereocenters. The van der Waals surface area contributed by atoms with Gasteiger partial charge in [-0.1, -0.05) is 37.3 Å². The standard InChI is InChI=1S/C19H25N3OS/c1-14-18(15-7-5-4-6-8-15)22(11-12-24-14)13-16-9-10-17(20-16)19(23)21(2)3/h4-10,14,18,20H,11-13H2,1-3H3/t14-,18-/m0/s1. The fourth-order valence-corrected chi connectivity index (χ4v) is 4.53. The van der Waals surface area contributed by atoms with Crippen LogP contribution >= 0.6 is 11.8 Å². The molecule has 24 heavy (non-hydrogen) atoms. The SMILES string of the molecule is C[C@@H]1SCCN(Cc2ccc(C(=O)N(C)C)[nH]2)[C@@H]1c1ccccc1.